The number of amides is 1. The summed E-state index contributed by atoms with van der Waals surface area (Å²) in [7, 11) is 0. The number of benzene rings is 2. The lowest BCUT2D eigenvalue weighted by Crippen LogP contribution is -2.36. The SMILES string of the molecule is Cc1c(CN(C(=O)OC(C)(C)C)c2ccc(C#N)cc2)cnc(CF)c1OCc1cccc(C#N)c1. The molecule has 8 heteroatoms. The van der Waals surface area contributed by atoms with Gasteiger partial charge >= 0.3 is 6.09 Å². The van der Waals surface area contributed by atoms with Gasteiger partial charge in [-0.05, 0) is 80.8 Å². The molecule has 0 aliphatic heterocycles. The van der Waals surface area contributed by atoms with Crippen LogP contribution in [0.25, 0.3) is 0 Å². The Kier molecular flexibility index (Phi) is 8.24. The monoisotopic (exact) mass is 486 g/mol. The van der Waals surface area contributed by atoms with Crippen molar-refractivity contribution in [2.24, 2.45) is 0 Å². The van der Waals surface area contributed by atoms with Crippen LogP contribution in [0.1, 0.15) is 54.3 Å². The van der Waals surface area contributed by atoms with Gasteiger partial charge in [0, 0.05) is 11.9 Å². The van der Waals surface area contributed by atoms with Gasteiger partial charge in [0.2, 0.25) is 0 Å². The van der Waals surface area contributed by atoms with E-state index in [1.54, 1.807) is 70.2 Å². The molecule has 1 amide bonds. The fourth-order valence-electron chi connectivity index (χ4n) is 3.47. The van der Waals surface area contributed by atoms with Crippen LogP contribution >= 0.6 is 0 Å². The van der Waals surface area contributed by atoms with Crippen molar-refractivity contribution in [3.8, 4) is 17.9 Å². The predicted molar refractivity (Wildman–Crippen MR) is 133 cm³/mol. The van der Waals surface area contributed by atoms with Crippen LogP contribution in [0.2, 0.25) is 0 Å². The zero-order valence-corrected chi connectivity index (χ0v) is 20.7. The van der Waals surface area contributed by atoms with Crippen LogP contribution in [0.5, 0.6) is 5.75 Å². The summed E-state index contributed by atoms with van der Waals surface area (Å²) in [6, 6.07) is 17.7. The average Bonchev–Trinajstić information content (AvgIpc) is 2.86. The van der Waals surface area contributed by atoms with E-state index in [2.05, 4.69) is 17.1 Å². The molecule has 1 aromatic heterocycles. The molecule has 0 aliphatic rings. The van der Waals surface area contributed by atoms with E-state index in [-0.39, 0.29) is 18.8 Å². The van der Waals surface area contributed by atoms with Gasteiger partial charge in [-0.1, -0.05) is 12.1 Å². The number of carbonyl (C=O) groups is 1. The Morgan fingerprint density at radius 1 is 1.08 bits per heavy atom. The molecule has 0 bridgehead atoms. The number of nitrogens with zero attached hydrogens (tertiary/aromatic N) is 4. The van der Waals surface area contributed by atoms with E-state index in [1.165, 1.54) is 11.1 Å². The highest BCUT2D eigenvalue weighted by atomic mass is 19.1. The van der Waals surface area contributed by atoms with Crippen molar-refractivity contribution in [1.82, 2.24) is 4.98 Å². The number of aromatic nitrogens is 1. The largest absolute Gasteiger partial charge is 0.487 e. The van der Waals surface area contributed by atoms with E-state index in [9.17, 15) is 9.18 Å². The number of alkyl halides is 1. The van der Waals surface area contributed by atoms with Crippen LogP contribution in [0.4, 0.5) is 14.9 Å². The van der Waals surface area contributed by atoms with E-state index in [4.69, 9.17) is 20.0 Å². The van der Waals surface area contributed by atoms with Crippen molar-refractivity contribution in [2.75, 3.05) is 4.90 Å². The van der Waals surface area contributed by atoms with Gasteiger partial charge in [-0.3, -0.25) is 9.88 Å². The smallest absolute Gasteiger partial charge is 0.415 e. The molecule has 0 unspecified atom stereocenters. The zero-order chi connectivity index (χ0) is 26.3. The summed E-state index contributed by atoms with van der Waals surface area (Å²) in [5.74, 6) is 0.293. The first-order valence-corrected chi connectivity index (χ1v) is 11.3. The molecule has 7 nitrogen and oxygen atoms in total. The number of ether oxygens (including phenoxy) is 2. The summed E-state index contributed by atoms with van der Waals surface area (Å²) in [5, 5.41) is 18.2. The number of halogens is 1. The number of rotatable bonds is 7. The lowest BCUT2D eigenvalue weighted by atomic mass is 10.1. The molecule has 0 N–H and O–H groups in total. The van der Waals surface area contributed by atoms with Crippen molar-refractivity contribution < 1.29 is 18.7 Å². The van der Waals surface area contributed by atoms with Crippen LogP contribution in [0.3, 0.4) is 0 Å². The van der Waals surface area contributed by atoms with Crippen LogP contribution < -0.4 is 9.64 Å². The molecule has 0 saturated heterocycles. The van der Waals surface area contributed by atoms with Crippen molar-refractivity contribution >= 4 is 11.8 Å². The highest BCUT2D eigenvalue weighted by molar-refractivity contribution is 5.88. The Morgan fingerprint density at radius 2 is 1.78 bits per heavy atom. The van der Waals surface area contributed by atoms with Gasteiger partial charge in [0.05, 0.1) is 29.8 Å². The number of carbonyl (C=O) groups excluding carboxylic acids is 1. The number of hydrogen-bond acceptors (Lipinski definition) is 6. The third-order valence-corrected chi connectivity index (χ3v) is 5.28. The first kappa shape index (κ1) is 26.2. The Labute approximate surface area is 210 Å². The van der Waals surface area contributed by atoms with Crippen molar-refractivity contribution in [3.05, 3.63) is 88.2 Å². The topological polar surface area (TPSA) is 99.2 Å². The summed E-state index contributed by atoms with van der Waals surface area (Å²) in [4.78, 5) is 18.8. The molecule has 0 radical (unpaired) electrons. The number of anilines is 1. The maximum atomic E-state index is 13.8. The van der Waals surface area contributed by atoms with Crippen molar-refractivity contribution in [3.63, 3.8) is 0 Å². The van der Waals surface area contributed by atoms with Gasteiger partial charge in [0.25, 0.3) is 0 Å². The first-order valence-electron chi connectivity index (χ1n) is 11.3. The van der Waals surface area contributed by atoms with E-state index in [0.29, 0.717) is 33.7 Å². The highest BCUT2D eigenvalue weighted by Crippen LogP contribution is 2.29. The zero-order valence-electron chi connectivity index (χ0n) is 20.7. The van der Waals surface area contributed by atoms with E-state index in [0.717, 1.165) is 5.56 Å². The summed E-state index contributed by atoms with van der Waals surface area (Å²) in [6.45, 7) is 6.50. The second-order valence-electron chi connectivity index (χ2n) is 9.14. The quantitative estimate of drug-likeness (QED) is 0.399. The molecule has 0 fully saturated rings. The molecule has 36 heavy (non-hydrogen) atoms. The minimum atomic E-state index is -0.819. The molecule has 2 aromatic carbocycles. The number of pyridine rings is 1. The fraction of sp³-hybridized carbons (Fsp3) is 0.286. The van der Waals surface area contributed by atoms with Gasteiger partial charge in [-0.2, -0.15) is 10.5 Å². The van der Waals surface area contributed by atoms with E-state index in [1.807, 2.05) is 6.07 Å². The fourth-order valence-corrected chi connectivity index (χ4v) is 3.47. The van der Waals surface area contributed by atoms with Gasteiger partial charge in [0.15, 0.2) is 0 Å². The minimum Gasteiger partial charge on any atom is -0.487 e. The summed E-state index contributed by atoms with van der Waals surface area (Å²) < 4.78 is 25.3. The average molecular weight is 487 g/mol. The van der Waals surface area contributed by atoms with Gasteiger partial charge in [-0.25, -0.2) is 9.18 Å². The van der Waals surface area contributed by atoms with Gasteiger partial charge in [0.1, 0.15) is 30.3 Å². The third-order valence-electron chi connectivity index (χ3n) is 5.28. The second-order valence-corrected chi connectivity index (χ2v) is 9.14. The lowest BCUT2D eigenvalue weighted by molar-refractivity contribution is 0.0577. The van der Waals surface area contributed by atoms with Crippen LogP contribution in [0.15, 0.2) is 54.7 Å². The molecule has 0 spiro atoms. The molecule has 184 valence electrons. The Bertz CT molecular complexity index is 1320. The van der Waals surface area contributed by atoms with Crippen molar-refractivity contribution in [1.29, 1.82) is 10.5 Å². The van der Waals surface area contributed by atoms with Crippen LogP contribution in [-0.4, -0.2) is 16.7 Å². The molecule has 3 rings (SSSR count). The lowest BCUT2D eigenvalue weighted by Gasteiger charge is -2.28. The maximum absolute atomic E-state index is 13.8. The molecular weight excluding hydrogens is 459 g/mol. The molecule has 3 aromatic rings. The standard InChI is InChI=1S/C28H27FN4O3/c1-19-23(16-32-25(13-29)26(19)35-18-22-7-5-6-21(12-22)15-31)17-33(27(34)36-28(2,3)4)24-10-8-20(14-30)9-11-24/h5-12,16H,13,17-18H2,1-4H3. The maximum Gasteiger partial charge on any atom is 0.415 e. The molecule has 0 saturated carbocycles. The molecule has 0 aliphatic carbocycles. The Balaban J connectivity index is 1.94. The van der Waals surface area contributed by atoms with E-state index < -0.39 is 18.4 Å². The number of hydrogen-bond donors (Lipinski definition) is 0. The highest BCUT2D eigenvalue weighted by Gasteiger charge is 2.25. The van der Waals surface area contributed by atoms with Gasteiger partial charge < -0.3 is 9.47 Å². The van der Waals surface area contributed by atoms with E-state index >= 15 is 0 Å². The predicted octanol–water partition coefficient (Wildman–Crippen LogP) is 6.12. The summed E-state index contributed by atoms with van der Waals surface area (Å²) in [6.07, 6.45) is 0.950. The first-order chi connectivity index (χ1) is 17.1. The molecule has 0 atom stereocenters. The minimum absolute atomic E-state index is 0.0898. The van der Waals surface area contributed by atoms with Gasteiger partial charge in [-0.15, -0.1) is 0 Å². The second kappa shape index (κ2) is 11.3. The van der Waals surface area contributed by atoms with Crippen LogP contribution in [-0.2, 0) is 24.6 Å². The Morgan fingerprint density at radius 3 is 2.39 bits per heavy atom. The molecular formula is C28H27FN4O3. The molecule has 1 heterocycles. The number of nitriles is 2. The Hall–Kier alpha value is -4.43. The van der Waals surface area contributed by atoms with Crippen molar-refractivity contribution in [2.45, 2.75) is 53.1 Å². The summed E-state index contributed by atoms with van der Waals surface area (Å²) in [5.41, 5.74) is 2.96. The summed E-state index contributed by atoms with van der Waals surface area (Å²) >= 11 is 0. The normalized spacial score (nSPS) is 10.8. The third kappa shape index (κ3) is 6.58. The van der Waals surface area contributed by atoms with Crippen LogP contribution in [0, 0.1) is 29.6 Å².